The van der Waals surface area contributed by atoms with E-state index in [1.807, 2.05) is 31.2 Å². The number of hydrogen-bond acceptors (Lipinski definition) is 4. The Balaban J connectivity index is 2.12. The molecule has 1 aromatic rings. The number of carbonyl (C=O) groups excluding carboxylic acids is 2. The summed E-state index contributed by atoms with van der Waals surface area (Å²) in [5, 5.41) is 0. The molecule has 0 amide bonds. The van der Waals surface area contributed by atoms with Gasteiger partial charge in [-0.05, 0) is 53.1 Å². The van der Waals surface area contributed by atoms with E-state index in [0.29, 0.717) is 13.0 Å². The van der Waals surface area contributed by atoms with Gasteiger partial charge in [0, 0.05) is 16.4 Å². The minimum atomic E-state index is -0.282. The number of hydrogen-bond donors (Lipinski definition) is 0. The van der Waals surface area contributed by atoms with Crippen molar-refractivity contribution < 1.29 is 19.1 Å². The van der Waals surface area contributed by atoms with Crippen molar-refractivity contribution in [2.45, 2.75) is 45.6 Å². The van der Waals surface area contributed by atoms with E-state index in [1.165, 1.54) is 0 Å². The van der Waals surface area contributed by atoms with E-state index < -0.39 is 0 Å². The molecule has 0 saturated carbocycles. The number of ether oxygens (including phenoxy) is 2. The number of benzene rings is 1. The largest absolute Gasteiger partial charge is 0.466 e. The van der Waals surface area contributed by atoms with Gasteiger partial charge in [0.25, 0.3) is 0 Å². The lowest BCUT2D eigenvalue weighted by Crippen LogP contribution is -2.08. The first-order chi connectivity index (χ1) is 10.1. The van der Waals surface area contributed by atoms with Crippen LogP contribution in [-0.4, -0.2) is 18.5 Å². The summed E-state index contributed by atoms with van der Waals surface area (Å²) in [6, 6.07) is 7.80. The van der Waals surface area contributed by atoms with E-state index >= 15 is 0 Å². The topological polar surface area (TPSA) is 52.6 Å². The number of unbranched alkanes of at least 4 members (excludes halogenated alkanes) is 1. The Labute approximate surface area is 139 Å². The van der Waals surface area contributed by atoms with E-state index in [2.05, 4.69) is 22.6 Å². The van der Waals surface area contributed by atoms with Gasteiger partial charge in [0.05, 0.1) is 6.61 Å². The molecule has 0 unspecified atom stereocenters. The zero-order chi connectivity index (χ0) is 15.5. The molecule has 0 aliphatic heterocycles. The molecule has 21 heavy (non-hydrogen) atoms. The maximum absolute atomic E-state index is 11.6. The first-order valence-electron chi connectivity index (χ1n) is 7.17. The van der Waals surface area contributed by atoms with Crippen molar-refractivity contribution >= 4 is 34.5 Å². The average molecular weight is 404 g/mol. The molecule has 1 rings (SSSR count). The van der Waals surface area contributed by atoms with Gasteiger partial charge in [0.15, 0.2) is 0 Å². The monoisotopic (exact) mass is 404 g/mol. The number of carbonyl (C=O) groups is 2. The third kappa shape index (κ3) is 8.70. The summed E-state index contributed by atoms with van der Waals surface area (Å²) >= 11 is 2.21. The quantitative estimate of drug-likeness (QED) is 0.357. The van der Waals surface area contributed by atoms with Crippen LogP contribution in [0.1, 0.15) is 44.6 Å². The predicted octanol–water partition coefficient (Wildman–Crippen LogP) is 3.85. The van der Waals surface area contributed by atoms with E-state index in [-0.39, 0.29) is 31.4 Å². The molecule has 0 aliphatic rings. The molecule has 0 fully saturated rings. The zero-order valence-electron chi connectivity index (χ0n) is 12.3. The van der Waals surface area contributed by atoms with Gasteiger partial charge >= 0.3 is 11.9 Å². The molecule has 1 aromatic carbocycles. The Morgan fingerprint density at radius 3 is 2.48 bits per heavy atom. The van der Waals surface area contributed by atoms with Gasteiger partial charge in [-0.25, -0.2) is 0 Å². The second kappa shape index (κ2) is 10.6. The van der Waals surface area contributed by atoms with Gasteiger partial charge in [-0.2, -0.15) is 0 Å². The summed E-state index contributed by atoms with van der Waals surface area (Å²) in [6.45, 7) is 2.78. The zero-order valence-corrected chi connectivity index (χ0v) is 14.4. The molecule has 0 aliphatic carbocycles. The molecular formula is C16H21IO4. The van der Waals surface area contributed by atoms with Crippen molar-refractivity contribution in [2.75, 3.05) is 6.61 Å². The minimum Gasteiger partial charge on any atom is -0.466 e. The summed E-state index contributed by atoms with van der Waals surface area (Å²) in [5.74, 6) is -0.524. The van der Waals surface area contributed by atoms with Crippen molar-refractivity contribution in [1.29, 1.82) is 0 Å². The summed E-state index contributed by atoms with van der Waals surface area (Å²) in [5.41, 5.74) is 0.967. The number of esters is 2. The Hall–Kier alpha value is -1.11. The highest BCUT2D eigenvalue weighted by Gasteiger charge is 2.07. The summed E-state index contributed by atoms with van der Waals surface area (Å²) in [6.07, 6.45) is 2.85. The lowest BCUT2D eigenvalue weighted by molar-refractivity contribution is -0.146. The van der Waals surface area contributed by atoms with Gasteiger partial charge in [-0.1, -0.05) is 25.5 Å². The van der Waals surface area contributed by atoms with Crippen LogP contribution in [0.4, 0.5) is 0 Å². The predicted molar refractivity (Wildman–Crippen MR) is 88.7 cm³/mol. The highest BCUT2D eigenvalue weighted by Crippen LogP contribution is 2.09. The average Bonchev–Trinajstić information content (AvgIpc) is 2.45. The molecule has 0 saturated heterocycles. The molecule has 0 N–H and O–H groups in total. The summed E-state index contributed by atoms with van der Waals surface area (Å²) < 4.78 is 11.3. The van der Waals surface area contributed by atoms with E-state index in [4.69, 9.17) is 9.47 Å². The van der Waals surface area contributed by atoms with E-state index in [0.717, 1.165) is 22.0 Å². The Morgan fingerprint density at radius 1 is 1.10 bits per heavy atom. The Bertz CT molecular complexity index is 459. The second-order valence-corrected chi connectivity index (χ2v) is 5.96. The molecule has 116 valence electrons. The molecule has 0 heterocycles. The van der Waals surface area contributed by atoms with Crippen LogP contribution in [0.15, 0.2) is 24.3 Å². The first-order valence-corrected chi connectivity index (χ1v) is 8.25. The third-order valence-electron chi connectivity index (χ3n) is 2.81. The van der Waals surface area contributed by atoms with Gasteiger partial charge in [-0.3, -0.25) is 9.59 Å². The van der Waals surface area contributed by atoms with Crippen molar-refractivity contribution in [3.05, 3.63) is 33.4 Å². The van der Waals surface area contributed by atoms with Crippen LogP contribution < -0.4 is 0 Å². The highest BCUT2D eigenvalue weighted by atomic mass is 127. The van der Waals surface area contributed by atoms with Crippen molar-refractivity contribution in [1.82, 2.24) is 0 Å². The molecule has 0 spiro atoms. The second-order valence-electron chi connectivity index (χ2n) is 4.72. The summed E-state index contributed by atoms with van der Waals surface area (Å²) in [4.78, 5) is 22.9. The van der Waals surface area contributed by atoms with Crippen LogP contribution in [0.5, 0.6) is 0 Å². The SMILES string of the molecule is CCCCOC(=O)CCCC(=O)OCc1cccc(I)c1. The molecule has 5 heteroatoms. The maximum Gasteiger partial charge on any atom is 0.306 e. The van der Waals surface area contributed by atoms with E-state index in [1.54, 1.807) is 0 Å². The third-order valence-corrected chi connectivity index (χ3v) is 3.48. The van der Waals surface area contributed by atoms with Gasteiger partial charge < -0.3 is 9.47 Å². The molecule has 0 bridgehead atoms. The molecule has 0 aromatic heterocycles. The molecule has 4 nitrogen and oxygen atoms in total. The summed E-state index contributed by atoms with van der Waals surface area (Å²) in [7, 11) is 0. The van der Waals surface area contributed by atoms with Crippen LogP contribution in [0, 0.1) is 3.57 Å². The maximum atomic E-state index is 11.6. The van der Waals surface area contributed by atoms with Crippen molar-refractivity contribution in [3.8, 4) is 0 Å². The van der Waals surface area contributed by atoms with Crippen LogP contribution in [-0.2, 0) is 25.7 Å². The Morgan fingerprint density at radius 2 is 1.81 bits per heavy atom. The van der Waals surface area contributed by atoms with Crippen LogP contribution in [0.3, 0.4) is 0 Å². The molecule has 0 radical (unpaired) electrons. The fraction of sp³-hybridized carbons (Fsp3) is 0.500. The van der Waals surface area contributed by atoms with Crippen LogP contribution in [0.2, 0.25) is 0 Å². The number of halogens is 1. The van der Waals surface area contributed by atoms with Gasteiger partial charge in [0.1, 0.15) is 6.61 Å². The highest BCUT2D eigenvalue weighted by molar-refractivity contribution is 14.1. The smallest absolute Gasteiger partial charge is 0.306 e. The van der Waals surface area contributed by atoms with Crippen LogP contribution >= 0.6 is 22.6 Å². The Kier molecular flexibility index (Phi) is 9.05. The normalized spacial score (nSPS) is 10.2. The first kappa shape index (κ1) is 17.9. The van der Waals surface area contributed by atoms with Crippen molar-refractivity contribution in [2.24, 2.45) is 0 Å². The van der Waals surface area contributed by atoms with Crippen LogP contribution in [0.25, 0.3) is 0 Å². The fourth-order valence-electron chi connectivity index (χ4n) is 1.64. The minimum absolute atomic E-state index is 0.242. The van der Waals surface area contributed by atoms with Crippen molar-refractivity contribution in [3.63, 3.8) is 0 Å². The number of rotatable bonds is 9. The lowest BCUT2D eigenvalue weighted by Gasteiger charge is -2.06. The van der Waals surface area contributed by atoms with Gasteiger partial charge in [-0.15, -0.1) is 0 Å². The standard InChI is InChI=1S/C16H21IO4/c1-2-3-10-20-15(18)8-5-9-16(19)21-12-13-6-4-7-14(17)11-13/h4,6-7,11H,2-3,5,8-10,12H2,1H3. The van der Waals surface area contributed by atoms with Gasteiger partial charge in [0.2, 0.25) is 0 Å². The fourth-order valence-corrected chi connectivity index (χ4v) is 2.25. The molecular weight excluding hydrogens is 383 g/mol. The lowest BCUT2D eigenvalue weighted by atomic mass is 10.2. The van der Waals surface area contributed by atoms with E-state index in [9.17, 15) is 9.59 Å². The molecule has 0 atom stereocenters.